The fourth-order valence-corrected chi connectivity index (χ4v) is 2.02. The summed E-state index contributed by atoms with van der Waals surface area (Å²) in [6.45, 7) is 10.5. The molecule has 0 heterocycles. The molecule has 1 aliphatic rings. The van der Waals surface area contributed by atoms with Crippen LogP contribution < -0.4 is 0 Å². The minimum atomic E-state index is 0.437. The fourth-order valence-electron chi connectivity index (χ4n) is 2.02. The van der Waals surface area contributed by atoms with Crippen LogP contribution in [0.4, 0.5) is 0 Å². The van der Waals surface area contributed by atoms with Crippen LogP contribution in [0.25, 0.3) is 0 Å². The molecule has 0 fully saturated rings. The molecular weight excluding hydrogens is 180 g/mol. The SMILES string of the molecule is C=C.CCCCC1(CCCC)C=CC=C1. The quantitative estimate of drug-likeness (QED) is 0.518. The monoisotopic (exact) mass is 206 g/mol. The zero-order chi connectivity index (χ0) is 11.6. The van der Waals surface area contributed by atoms with Crippen LogP contribution in [-0.4, -0.2) is 0 Å². The van der Waals surface area contributed by atoms with Crippen LogP contribution in [0, 0.1) is 5.41 Å². The maximum Gasteiger partial charge on any atom is 0.00671 e. The van der Waals surface area contributed by atoms with Crippen LogP contribution in [0.3, 0.4) is 0 Å². The van der Waals surface area contributed by atoms with Gasteiger partial charge in [0, 0.05) is 5.41 Å². The van der Waals surface area contributed by atoms with Gasteiger partial charge in [-0.15, -0.1) is 13.2 Å². The lowest BCUT2D eigenvalue weighted by Crippen LogP contribution is -2.12. The molecule has 0 N–H and O–H groups in total. The van der Waals surface area contributed by atoms with Crippen molar-refractivity contribution in [2.24, 2.45) is 5.41 Å². The zero-order valence-electron chi connectivity index (χ0n) is 10.5. The molecule has 0 saturated heterocycles. The molecule has 1 rings (SSSR count). The number of hydrogen-bond acceptors (Lipinski definition) is 0. The lowest BCUT2D eigenvalue weighted by Gasteiger charge is -2.24. The van der Waals surface area contributed by atoms with E-state index in [9.17, 15) is 0 Å². The summed E-state index contributed by atoms with van der Waals surface area (Å²) in [4.78, 5) is 0. The molecule has 0 radical (unpaired) electrons. The van der Waals surface area contributed by atoms with Crippen LogP contribution in [0.2, 0.25) is 0 Å². The van der Waals surface area contributed by atoms with Gasteiger partial charge in [-0.25, -0.2) is 0 Å². The van der Waals surface area contributed by atoms with Crippen molar-refractivity contribution in [3.63, 3.8) is 0 Å². The smallest absolute Gasteiger partial charge is 0.00671 e. The van der Waals surface area contributed by atoms with Crippen molar-refractivity contribution in [1.29, 1.82) is 0 Å². The first kappa shape index (κ1) is 14.2. The molecule has 0 aliphatic heterocycles. The van der Waals surface area contributed by atoms with Gasteiger partial charge >= 0.3 is 0 Å². The van der Waals surface area contributed by atoms with Crippen molar-refractivity contribution in [3.8, 4) is 0 Å². The van der Waals surface area contributed by atoms with Gasteiger partial charge in [-0.05, 0) is 12.8 Å². The Kier molecular flexibility index (Phi) is 8.08. The third-order valence-corrected chi connectivity index (χ3v) is 2.96. The summed E-state index contributed by atoms with van der Waals surface area (Å²) in [5.74, 6) is 0. The molecule has 15 heavy (non-hydrogen) atoms. The first-order valence-electron chi connectivity index (χ1n) is 6.20. The van der Waals surface area contributed by atoms with Gasteiger partial charge in [0.05, 0.1) is 0 Å². The molecule has 86 valence electrons. The minimum Gasteiger partial charge on any atom is -0.106 e. The van der Waals surface area contributed by atoms with Crippen LogP contribution in [-0.2, 0) is 0 Å². The van der Waals surface area contributed by atoms with Crippen LogP contribution in [0.5, 0.6) is 0 Å². The lowest BCUT2D eigenvalue weighted by molar-refractivity contribution is 0.390. The summed E-state index contributed by atoms with van der Waals surface area (Å²) >= 11 is 0. The van der Waals surface area contributed by atoms with Gasteiger partial charge in [0.1, 0.15) is 0 Å². The second kappa shape index (κ2) is 8.52. The number of rotatable bonds is 6. The molecule has 0 spiro atoms. The van der Waals surface area contributed by atoms with E-state index in [2.05, 4.69) is 51.3 Å². The molecule has 0 bridgehead atoms. The van der Waals surface area contributed by atoms with Crippen molar-refractivity contribution in [3.05, 3.63) is 37.5 Å². The first-order chi connectivity index (χ1) is 7.33. The van der Waals surface area contributed by atoms with E-state index in [0.717, 1.165) is 0 Å². The highest BCUT2D eigenvalue weighted by molar-refractivity contribution is 5.24. The van der Waals surface area contributed by atoms with Crippen molar-refractivity contribution in [2.75, 3.05) is 0 Å². The Morgan fingerprint density at radius 3 is 1.60 bits per heavy atom. The molecule has 1 aliphatic carbocycles. The predicted octanol–water partition coefficient (Wildman–Crippen LogP) is 5.28. The summed E-state index contributed by atoms with van der Waals surface area (Å²) in [7, 11) is 0. The Balaban J connectivity index is 0.000000921. The van der Waals surface area contributed by atoms with Crippen molar-refractivity contribution in [2.45, 2.75) is 52.4 Å². The van der Waals surface area contributed by atoms with Crippen molar-refractivity contribution >= 4 is 0 Å². The Hall–Kier alpha value is -0.780. The Morgan fingerprint density at radius 1 is 0.867 bits per heavy atom. The Bertz CT molecular complexity index is 176. The van der Waals surface area contributed by atoms with Gasteiger partial charge in [0.25, 0.3) is 0 Å². The summed E-state index contributed by atoms with van der Waals surface area (Å²) in [6.07, 6.45) is 17.3. The molecule has 0 saturated carbocycles. The van der Waals surface area contributed by atoms with E-state index in [-0.39, 0.29) is 0 Å². The summed E-state index contributed by atoms with van der Waals surface area (Å²) in [6, 6.07) is 0. The first-order valence-corrected chi connectivity index (χ1v) is 6.20. The van der Waals surface area contributed by atoms with E-state index in [1.807, 2.05) is 0 Å². The molecule has 0 nitrogen and oxygen atoms in total. The van der Waals surface area contributed by atoms with Crippen LogP contribution >= 0.6 is 0 Å². The maximum atomic E-state index is 3.00. The highest BCUT2D eigenvalue weighted by Gasteiger charge is 2.24. The molecule has 0 aromatic rings. The van der Waals surface area contributed by atoms with Gasteiger partial charge in [-0.2, -0.15) is 0 Å². The molecule has 0 aromatic carbocycles. The summed E-state index contributed by atoms with van der Waals surface area (Å²) in [5.41, 5.74) is 0.437. The van der Waals surface area contributed by atoms with Crippen LogP contribution in [0.15, 0.2) is 37.5 Å². The van der Waals surface area contributed by atoms with E-state index in [0.29, 0.717) is 5.41 Å². The number of hydrogen-bond donors (Lipinski definition) is 0. The molecule has 0 aromatic heterocycles. The standard InChI is InChI=1S/C13H22.C2H4/c1-3-5-9-13(10-6-4-2)11-7-8-12-13;1-2/h7-8,11-12H,3-6,9-10H2,1-2H3;1-2H2. The van der Waals surface area contributed by atoms with Gasteiger partial charge in [0.2, 0.25) is 0 Å². The largest absolute Gasteiger partial charge is 0.106 e. The molecular formula is C15H26. The molecule has 0 heteroatoms. The van der Waals surface area contributed by atoms with Crippen LogP contribution in [0.1, 0.15) is 52.4 Å². The third kappa shape index (κ3) is 5.01. The minimum absolute atomic E-state index is 0.437. The zero-order valence-corrected chi connectivity index (χ0v) is 10.5. The topological polar surface area (TPSA) is 0 Å². The summed E-state index contributed by atoms with van der Waals surface area (Å²) < 4.78 is 0. The second-order valence-corrected chi connectivity index (χ2v) is 4.16. The van der Waals surface area contributed by atoms with E-state index >= 15 is 0 Å². The van der Waals surface area contributed by atoms with Gasteiger partial charge in [-0.1, -0.05) is 63.8 Å². The Labute approximate surface area is 95.8 Å². The second-order valence-electron chi connectivity index (χ2n) is 4.16. The van der Waals surface area contributed by atoms with E-state index < -0.39 is 0 Å². The van der Waals surface area contributed by atoms with E-state index in [4.69, 9.17) is 0 Å². The average Bonchev–Trinajstić information content (AvgIpc) is 2.76. The molecule has 0 atom stereocenters. The van der Waals surface area contributed by atoms with Gasteiger partial charge in [-0.3, -0.25) is 0 Å². The Morgan fingerprint density at radius 2 is 1.27 bits per heavy atom. The van der Waals surface area contributed by atoms with Gasteiger partial charge in [0.15, 0.2) is 0 Å². The van der Waals surface area contributed by atoms with Gasteiger partial charge < -0.3 is 0 Å². The average molecular weight is 206 g/mol. The van der Waals surface area contributed by atoms with Crippen molar-refractivity contribution in [1.82, 2.24) is 0 Å². The highest BCUT2D eigenvalue weighted by Crippen LogP contribution is 2.37. The number of unbranched alkanes of at least 4 members (excludes halogenated alkanes) is 2. The highest BCUT2D eigenvalue weighted by atomic mass is 14.3. The molecule has 0 amide bonds. The normalized spacial score (nSPS) is 16.1. The van der Waals surface area contributed by atoms with Crippen molar-refractivity contribution < 1.29 is 0 Å². The third-order valence-electron chi connectivity index (χ3n) is 2.96. The molecule has 0 unspecified atom stereocenters. The lowest BCUT2D eigenvalue weighted by atomic mass is 9.80. The summed E-state index contributed by atoms with van der Waals surface area (Å²) in [5, 5.41) is 0. The van der Waals surface area contributed by atoms with E-state index in [1.165, 1.54) is 38.5 Å². The maximum absolute atomic E-state index is 3.00. The number of allylic oxidation sites excluding steroid dienone is 4. The van der Waals surface area contributed by atoms with E-state index in [1.54, 1.807) is 0 Å². The predicted molar refractivity (Wildman–Crippen MR) is 71.0 cm³/mol. The fraction of sp³-hybridized carbons (Fsp3) is 0.600.